The topological polar surface area (TPSA) is 176 Å². The van der Waals surface area contributed by atoms with Gasteiger partial charge in [0.25, 0.3) is 5.91 Å². The van der Waals surface area contributed by atoms with Gasteiger partial charge in [0.2, 0.25) is 17.6 Å². The van der Waals surface area contributed by atoms with Crippen LogP contribution in [-0.4, -0.2) is 77.7 Å². The van der Waals surface area contributed by atoms with Gasteiger partial charge in [-0.05, 0) is 47.6 Å². The second-order valence-electron chi connectivity index (χ2n) is 14.4. The van der Waals surface area contributed by atoms with Crippen LogP contribution in [0.25, 0.3) is 0 Å². The Labute approximate surface area is 290 Å². The van der Waals surface area contributed by atoms with Crippen LogP contribution in [0.3, 0.4) is 0 Å². The number of urea groups is 1. The maximum atomic E-state index is 14.4. The average Bonchev–Trinajstić information content (AvgIpc) is 3.73. The molecule has 0 aromatic carbocycles. The summed E-state index contributed by atoms with van der Waals surface area (Å²) in [4.78, 5) is 81.8. The van der Waals surface area contributed by atoms with E-state index in [9.17, 15) is 28.8 Å². The van der Waals surface area contributed by atoms with Crippen molar-refractivity contribution in [1.82, 2.24) is 26.2 Å². The van der Waals surface area contributed by atoms with Crippen molar-refractivity contribution in [1.29, 1.82) is 0 Å². The number of hydrogen-bond acceptors (Lipinski definition) is 8. The first-order valence-corrected chi connectivity index (χ1v) is 16.8. The van der Waals surface area contributed by atoms with Crippen molar-refractivity contribution in [3.63, 3.8) is 0 Å². The van der Waals surface area contributed by atoms with Gasteiger partial charge in [0, 0.05) is 13.1 Å². The van der Waals surface area contributed by atoms with Gasteiger partial charge in [-0.1, -0.05) is 74.0 Å². The lowest BCUT2D eigenvalue weighted by atomic mass is 9.74. The second kappa shape index (κ2) is 17.8. The maximum Gasteiger partial charge on any atom is 0.329 e. The monoisotopic (exact) mass is 685 g/mol. The minimum absolute atomic E-state index is 0.0939. The van der Waals surface area contributed by atoms with E-state index in [2.05, 4.69) is 34.4 Å². The van der Waals surface area contributed by atoms with Crippen molar-refractivity contribution in [2.75, 3.05) is 13.1 Å². The number of nitrogens with zero attached hydrogens (tertiary/aromatic N) is 1. The summed E-state index contributed by atoms with van der Waals surface area (Å²) in [5.41, 5.74) is -1.41. The van der Waals surface area contributed by atoms with Gasteiger partial charge in [-0.2, -0.15) is 0 Å². The molecule has 2 rings (SSSR count). The number of furan rings is 1. The van der Waals surface area contributed by atoms with Crippen LogP contribution in [0.1, 0.15) is 80.4 Å². The number of nitrogens with one attached hydrogen (secondary N) is 4. The molecule has 1 aliphatic heterocycles. The van der Waals surface area contributed by atoms with Crippen LogP contribution >= 0.6 is 0 Å². The largest absolute Gasteiger partial charge is 0.466 e. The summed E-state index contributed by atoms with van der Waals surface area (Å²) in [6.07, 6.45) is 5.82. The zero-order chi connectivity index (χ0) is 37.1. The zero-order valence-electron chi connectivity index (χ0n) is 30.2. The smallest absolute Gasteiger partial charge is 0.329 e. The Morgan fingerprint density at radius 1 is 1.06 bits per heavy atom. The Kier molecular flexibility index (Phi) is 14.8. The predicted molar refractivity (Wildman–Crippen MR) is 185 cm³/mol. The first-order valence-electron chi connectivity index (χ1n) is 16.8. The highest BCUT2D eigenvalue weighted by Gasteiger charge is 2.50. The van der Waals surface area contributed by atoms with Gasteiger partial charge in [0.15, 0.2) is 0 Å². The first kappa shape index (κ1) is 40.8. The fourth-order valence-corrected chi connectivity index (χ4v) is 5.77. The van der Waals surface area contributed by atoms with Crippen molar-refractivity contribution >= 4 is 35.5 Å². The quantitative estimate of drug-likeness (QED) is 0.109. The summed E-state index contributed by atoms with van der Waals surface area (Å²) in [5, 5.41) is 10.6. The summed E-state index contributed by atoms with van der Waals surface area (Å²) in [6, 6.07) is -1.70. The summed E-state index contributed by atoms with van der Waals surface area (Å²) >= 11 is 0. The molecule has 0 radical (unpaired) electrons. The molecule has 5 amide bonds. The van der Waals surface area contributed by atoms with E-state index in [0.717, 1.165) is 0 Å². The number of likely N-dealkylation sites (tertiary alicyclic amines) is 1. The molecule has 0 bridgehead atoms. The Hall–Kier alpha value is -4.42. The number of Topliss-reactive ketones (excluding diaryl/α,β-unsaturated/α-hetero) is 1. The Balaban J connectivity index is 2.35. The maximum absolute atomic E-state index is 14.4. The van der Waals surface area contributed by atoms with Crippen LogP contribution in [0.5, 0.6) is 0 Å². The van der Waals surface area contributed by atoms with Crippen LogP contribution in [0, 0.1) is 22.7 Å². The molecule has 1 aromatic rings. The molecule has 1 aromatic heterocycles. The van der Waals surface area contributed by atoms with Gasteiger partial charge in [-0.25, -0.2) is 9.59 Å². The Morgan fingerprint density at radius 3 is 2.27 bits per heavy atom. The number of hydrogen-bond donors (Lipinski definition) is 4. The van der Waals surface area contributed by atoms with Crippen LogP contribution in [0.4, 0.5) is 4.79 Å². The van der Waals surface area contributed by atoms with E-state index in [0.29, 0.717) is 18.6 Å². The normalized spacial score (nSPS) is 18.1. The lowest BCUT2D eigenvalue weighted by Gasteiger charge is -2.39. The molecule has 2 heterocycles. The molecule has 0 spiro atoms. The second-order valence-corrected chi connectivity index (χ2v) is 14.4. The van der Waals surface area contributed by atoms with Crippen molar-refractivity contribution in [2.24, 2.45) is 22.7 Å². The highest BCUT2D eigenvalue weighted by atomic mass is 16.5. The average molecular weight is 686 g/mol. The first-order chi connectivity index (χ1) is 22.9. The highest BCUT2D eigenvalue weighted by Crippen LogP contribution is 2.41. The number of ketones is 1. The van der Waals surface area contributed by atoms with Gasteiger partial charge in [-0.3, -0.25) is 19.2 Å². The van der Waals surface area contributed by atoms with E-state index >= 15 is 0 Å². The molecular formula is C36H55N5O8. The van der Waals surface area contributed by atoms with Gasteiger partial charge < -0.3 is 35.3 Å². The molecule has 0 aliphatic carbocycles. The number of carbonyl (C=O) groups excluding carboxylic acids is 6. The molecule has 0 saturated carbocycles. The van der Waals surface area contributed by atoms with Gasteiger partial charge in [0.1, 0.15) is 30.5 Å². The van der Waals surface area contributed by atoms with Crippen LogP contribution in [0.2, 0.25) is 0 Å². The zero-order valence-corrected chi connectivity index (χ0v) is 30.2. The molecule has 49 heavy (non-hydrogen) atoms. The number of rotatable bonds is 17. The summed E-state index contributed by atoms with van der Waals surface area (Å²) in [7, 11) is 0. The van der Waals surface area contributed by atoms with Crippen molar-refractivity contribution in [2.45, 2.75) is 105 Å². The third-order valence-corrected chi connectivity index (χ3v) is 8.80. The van der Waals surface area contributed by atoms with E-state index < -0.39 is 70.5 Å². The molecule has 13 heteroatoms. The van der Waals surface area contributed by atoms with Crippen molar-refractivity contribution < 1.29 is 37.9 Å². The van der Waals surface area contributed by atoms with Gasteiger partial charge in [0.05, 0.1) is 12.3 Å². The molecule has 272 valence electrons. The van der Waals surface area contributed by atoms with Gasteiger partial charge >= 0.3 is 12.0 Å². The predicted octanol–water partition coefficient (Wildman–Crippen LogP) is 3.65. The lowest BCUT2D eigenvalue weighted by Crippen LogP contribution is -2.62. The van der Waals surface area contributed by atoms with Crippen molar-refractivity contribution in [3.05, 3.63) is 49.5 Å². The van der Waals surface area contributed by atoms with Crippen molar-refractivity contribution in [3.8, 4) is 0 Å². The van der Waals surface area contributed by atoms with E-state index in [-0.39, 0.29) is 38.0 Å². The van der Waals surface area contributed by atoms with Crippen LogP contribution < -0.4 is 21.3 Å². The molecule has 1 fully saturated rings. The van der Waals surface area contributed by atoms with Crippen LogP contribution in [0.15, 0.2) is 48.1 Å². The number of amides is 5. The molecule has 4 N–H and O–H groups in total. The Bertz CT molecular complexity index is 1350. The third kappa shape index (κ3) is 11.0. The van der Waals surface area contributed by atoms with Gasteiger partial charge in [-0.15, -0.1) is 13.2 Å². The highest BCUT2D eigenvalue weighted by molar-refractivity contribution is 6.38. The fourth-order valence-electron chi connectivity index (χ4n) is 5.77. The number of ether oxygens (including phenoxy) is 1. The summed E-state index contributed by atoms with van der Waals surface area (Å²) in [5.74, 6) is -3.66. The molecule has 1 saturated heterocycles. The standard InChI is InChI=1S/C36H55N5O8/c1-11-15-25(28(42)31(44)37-18-12-2)38-30(43)27-24(36(9,10)13-3)17-19-41(27)32(45)29(35(6,7)8)40-34(47)39-26(22(4)5)33(46)49-21-23-16-14-20-48-23/h12-14,16,20,22,24-27,29H,2-3,11,15,17-19,21H2,1,4-10H3,(H,37,44)(H,38,43)(H2,39,40,47)/t24?,25?,26-,27-,29+/m0/s1. The molecule has 1 aliphatic rings. The van der Waals surface area contributed by atoms with E-state index in [1.807, 2.05) is 20.8 Å². The Morgan fingerprint density at radius 2 is 1.73 bits per heavy atom. The molecule has 2 unspecified atom stereocenters. The molecule has 5 atom stereocenters. The van der Waals surface area contributed by atoms with Crippen LogP contribution in [-0.2, 0) is 35.3 Å². The molecular weight excluding hydrogens is 630 g/mol. The van der Waals surface area contributed by atoms with E-state index in [1.54, 1.807) is 52.8 Å². The lowest BCUT2D eigenvalue weighted by molar-refractivity contribution is -0.149. The summed E-state index contributed by atoms with van der Waals surface area (Å²) in [6.45, 7) is 22.2. The minimum atomic E-state index is -1.11. The number of carbonyl (C=O) groups is 6. The van der Waals surface area contributed by atoms with E-state index in [4.69, 9.17) is 9.15 Å². The summed E-state index contributed by atoms with van der Waals surface area (Å²) < 4.78 is 10.6. The third-order valence-electron chi connectivity index (χ3n) is 8.80. The molecule has 13 nitrogen and oxygen atoms in total. The number of allylic oxidation sites excluding steroid dienone is 1. The SMILES string of the molecule is C=CCNC(=O)C(=O)C(CCC)NC(=O)[C@@H]1C(C(C)(C)C=C)CCN1C(=O)[C@@H](NC(=O)N[C@H](C(=O)OCc1ccco1)C(C)C)C(C)(C)C. The minimum Gasteiger partial charge on any atom is -0.466 e. The fraction of sp³-hybridized carbons (Fsp3) is 0.611. The van der Waals surface area contributed by atoms with E-state index in [1.165, 1.54) is 17.2 Å². The number of esters is 1.